The van der Waals surface area contributed by atoms with Crippen LogP contribution < -0.4 is 4.90 Å². The van der Waals surface area contributed by atoms with Crippen molar-refractivity contribution in [2.45, 2.75) is 6.92 Å². The van der Waals surface area contributed by atoms with Gasteiger partial charge in [-0.1, -0.05) is 0 Å². The van der Waals surface area contributed by atoms with E-state index in [-0.39, 0.29) is 5.91 Å². The van der Waals surface area contributed by atoms with Crippen molar-refractivity contribution < 1.29 is 4.79 Å². The van der Waals surface area contributed by atoms with Gasteiger partial charge in [0, 0.05) is 41.7 Å². The number of nitrogens with one attached hydrogen (secondary N) is 2. The van der Waals surface area contributed by atoms with Gasteiger partial charge in [-0.2, -0.15) is 0 Å². The molecule has 0 unspecified atom stereocenters. The second-order valence-corrected chi connectivity index (χ2v) is 5.43. The van der Waals surface area contributed by atoms with Crippen molar-refractivity contribution in [2.24, 2.45) is 0 Å². The molecule has 0 radical (unpaired) electrons. The fourth-order valence-electron chi connectivity index (χ4n) is 2.86. The minimum absolute atomic E-state index is 0.0496. The van der Waals surface area contributed by atoms with Gasteiger partial charge >= 0.3 is 0 Å². The summed E-state index contributed by atoms with van der Waals surface area (Å²) in [4.78, 5) is 25.2. The molecule has 0 atom stereocenters. The summed E-state index contributed by atoms with van der Waals surface area (Å²) in [5, 5.41) is 1.09. The van der Waals surface area contributed by atoms with Crippen molar-refractivity contribution in [1.82, 2.24) is 15.0 Å². The number of aromatic nitrogens is 3. The van der Waals surface area contributed by atoms with Gasteiger partial charge in [-0.05, 0) is 43.3 Å². The Hall–Kier alpha value is -3.08. The Bertz CT molecular complexity index is 998. The number of fused-ring (bicyclic) bond motifs is 2. The van der Waals surface area contributed by atoms with Crippen LogP contribution in [-0.2, 0) is 0 Å². The molecular formula is C18H16N4O. The molecule has 0 aliphatic carbocycles. The molecule has 0 bridgehead atoms. The number of aromatic amines is 2. The summed E-state index contributed by atoms with van der Waals surface area (Å²) in [5.74, 6) is -0.0496. The standard InChI is InChI=1S/C18H16N4O/c1-2-22(14-3-4-15-12(9-14)5-7-19-15)18(23)13-10-17-16(21-11-13)6-8-20-17/h3-11,19-20H,2H2,1H3. The van der Waals surface area contributed by atoms with Crippen LogP contribution in [0.4, 0.5) is 5.69 Å². The molecule has 23 heavy (non-hydrogen) atoms. The van der Waals surface area contributed by atoms with Crippen molar-refractivity contribution in [3.8, 4) is 0 Å². The van der Waals surface area contributed by atoms with Gasteiger partial charge in [-0.25, -0.2) is 0 Å². The molecule has 1 aromatic carbocycles. The van der Waals surface area contributed by atoms with Crippen molar-refractivity contribution in [3.63, 3.8) is 0 Å². The highest BCUT2D eigenvalue weighted by Gasteiger charge is 2.17. The van der Waals surface area contributed by atoms with E-state index < -0.39 is 0 Å². The molecule has 5 nitrogen and oxygen atoms in total. The highest BCUT2D eigenvalue weighted by Crippen LogP contribution is 2.23. The summed E-state index contributed by atoms with van der Waals surface area (Å²) in [5.41, 5.74) is 4.25. The van der Waals surface area contributed by atoms with Gasteiger partial charge in [0.2, 0.25) is 0 Å². The molecule has 3 aromatic heterocycles. The zero-order valence-corrected chi connectivity index (χ0v) is 12.7. The Kier molecular flexibility index (Phi) is 3.12. The van der Waals surface area contributed by atoms with E-state index in [1.54, 1.807) is 11.1 Å². The van der Waals surface area contributed by atoms with E-state index in [1.165, 1.54) is 0 Å². The Balaban J connectivity index is 1.73. The second-order valence-electron chi connectivity index (χ2n) is 5.43. The van der Waals surface area contributed by atoms with Crippen LogP contribution >= 0.6 is 0 Å². The number of pyridine rings is 1. The monoisotopic (exact) mass is 304 g/mol. The minimum Gasteiger partial charge on any atom is -0.361 e. The Morgan fingerprint density at radius 3 is 2.78 bits per heavy atom. The van der Waals surface area contributed by atoms with Crippen LogP contribution in [0.2, 0.25) is 0 Å². The van der Waals surface area contributed by atoms with Gasteiger partial charge in [0.15, 0.2) is 0 Å². The lowest BCUT2D eigenvalue weighted by Crippen LogP contribution is -2.30. The normalized spacial score (nSPS) is 11.2. The summed E-state index contributed by atoms with van der Waals surface area (Å²) in [6, 6.07) is 11.7. The maximum Gasteiger partial charge on any atom is 0.259 e. The van der Waals surface area contributed by atoms with Crippen LogP contribution in [0, 0.1) is 0 Å². The third-order valence-corrected chi connectivity index (χ3v) is 4.06. The van der Waals surface area contributed by atoms with E-state index >= 15 is 0 Å². The molecule has 114 valence electrons. The lowest BCUT2D eigenvalue weighted by Gasteiger charge is -2.21. The SMILES string of the molecule is CCN(C(=O)c1cnc2cc[nH]c2c1)c1ccc2[nH]ccc2c1. The van der Waals surface area contributed by atoms with E-state index in [9.17, 15) is 4.79 Å². The van der Waals surface area contributed by atoms with Crippen LogP contribution in [-0.4, -0.2) is 27.4 Å². The van der Waals surface area contributed by atoms with Crippen LogP contribution in [0.5, 0.6) is 0 Å². The Morgan fingerprint density at radius 1 is 1.09 bits per heavy atom. The third-order valence-electron chi connectivity index (χ3n) is 4.06. The number of hydrogen-bond acceptors (Lipinski definition) is 2. The number of carbonyl (C=O) groups excluding carboxylic acids is 1. The zero-order chi connectivity index (χ0) is 15.8. The number of nitrogens with zero attached hydrogens (tertiary/aromatic N) is 2. The van der Waals surface area contributed by atoms with Gasteiger partial charge in [0.25, 0.3) is 5.91 Å². The van der Waals surface area contributed by atoms with Gasteiger partial charge < -0.3 is 14.9 Å². The van der Waals surface area contributed by atoms with Gasteiger partial charge in [0.1, 0.15) is 0 Å². The molecule has 2 N–H and O–H groups in total. The maximum atomic E-state index is 12.9. The number of amides is 1. The van der Waals surface area contributed by atoms with E-state index in [4.69, 9.17) is 0 Å². The highest BCUT2D eigenvalue weighted by molar-refractivity contribution is 6.07. The minimum atomic E-state index is -0.0496. The molecule has 4 rings (SSSR count). The fourth-order valence-corrected chi connectivity index (χ4v) is 2.86. The number of benzene rings is 1. The van der Waals surface area contributed by atoms with Gasteiger partial charge in [-0.15, -0.1) is 0 Å². The number of anilines is 1. The van der Waals surface area contributed by atoms with E-state index in [0.29, 0.717) is 12.1 Å². The van der Waals surface area contributed by atoms with Crippen LogP contribution in [0.3, 0.4) is 0 Å². The predicted molar refractivity (Wildman–Crippen MR) is 91.7 cm³/mol. The van der Waals surface area contributed by atoms with E-state index in [0.717, 1.165) is 27.6 Å². The lowest BCUT2D eigenvalue weighted by molar-refractivity contribution is 0.0988. The molecule has 0 aliphatic rings. The first-order valence-corrected chi connectivity index (χ1v) is 7.58. The third kappa shape index (κ3) is 2.26. The van der Waals surface area contributed by atoms with Crippen molar-refractivity contribution >= 4 is 33.5 Å². The van der Waals surface area contributed by atoms with Crippen molar-refractivity contribution in [2.75, 3.05) is 11.4 Å². The lowest BCUT2D eigenvalue weighted by atomic mass is 10.1. The first-order valence-electron chi connectivity index (χ1n) is 7.58. The first kappa shape index (κ1) is 13.6. The topological polar surface area (TPSA) is 64.8 Å². The number of hydrogen-bond donors (Lipinski definition) is 2. The Morgan fingerprint density at radius 2 is 1.91 bits per heavy atom. The van der Waals surface area contributed by atoms with Gasteiger partial charge in [-0.3, -0.25) is 9.78 Å². The molecule has 0 aliphatic heterocycles. The second kappa shape index (κ2) is 5.28. The Labute approximate surface area is 133 Å². The maximum absolute atomic E-state index is 12.9. The van der Waals surface area contributed by atoms with Crippen LogP contribution in [0.15, 0.2) is 55.0 Å². The molecule has 0 fully saturated rings. The average Bonchev–Trinajstić information content (AvgIpc) is 3.23. The van der Waals surface area contributed by atoms with Crippen molar-refractivity contribution in [1.29, 1.82) is 0 Å². The van der Waals surface area contributed by atoms with E-state index in [2.05, 4.69) is 15.0 Å². The summed E-state index contributed by atoms with van der Waals surface area (Å²) in [6.07, 6.45) is 5.36. The first-order chi connectivity index (χ1) is 11.3. The van der Waals surface area contributed by atoms with Crippen LogP contribution in [0.1, 0.15) is 17.3 Å². The molecule has 3 heterocycles. The summed E-state index contributed by atoms with van der Waals surface area (Å²) >= 11 is 0. The van der Waals surface area contributed by atoms with Crippen LogP contribution in [0.25, 0.3) is 21.9 Å². The summed E-state index contributed by atoms with van der Waals surface area (Å²) < 4.78 is 0. The average molecular weight is 304 g/mol. The molecular weight excluding hydrogens is 288 g/mol. The number of rotatable bonds is 3. The van der Waals surface area contributed by atoms with Gasteiger partial charge in [0.05, 0.1) is 16.6 Å². The molecule has 0 saturated carbocycles. The molecule has 1 amide bonds. The highest BCUT2D eigenvalue weighted by atomic mass is 16.2. The largest absolute Gasteiger partial charge is 0.361 e. The molecule has 0 saturated heterocycles. The predicted octanol–water partition coefficient (Wildman–Crippen LogP) is 3.71. The zero-order valence-electron chi connectivity index (χ0n) is 12.7. The number of H-pyrrole nitrogens is 2. The van der Waals surface area contributed by atoms with Crippen molar-refractivity contribution in [3.05, 3.63) is 60.6 Å². The molecule has 0 spiro atoms. The van der Waals surface area contributed by atoms with E-state index in [1.807, 2.05) is 55.7 Å². The smallest absolute Gasteiger partial charge is 0.259 e. The fraction of sp³-hybridized carbons (Fsp3) is 0.111. The summed E-state index contributed by atoms with van der Waals surface area (Å²) in [6.45, 7) is 2.57. The molecule has 4 aromatic rings. The molecule has 5 heteroatoms. The summed E-state index contributed by atoms with van der Waals surface area (Å²) in [7, 11) is 0. The quantitative estimate of drug-likeness (QED) is 0.606. The number of carbonyl (C=O) groups is 1.